The molecule has 0 N–H and O–H groups in total. The molecule has 0 bridgehead atoms. The fraction of sp³-hybridized carbons (Fsp3) is 0.200. The van der Waals surface area contributed by atoms with Crippen molar-refractivity contribution >= 4 is 6.08 Å². The van der Waals surface area contributed by atoms with Gasteiger partial charge in [0.25, 0.3) is 0 Å². The Bertz CT molecular complexity index is 461. The smallest absolute Gasteiger partial charge is 0.0137 e. The third-order valence-corrected chi connectivity index (χ3v) is 3.22. The van der Waals surface area contributed by atoms with Crippen LogP contribution in [0.2, 0.25) is 0 Å². The molecule has 0 nitrogen and oxygen atoms in total. The molecule has 0 spiro atoms. The Morgan fingerprint density at radius 2 is 2.20 bits per heavy atom. The van der Waals surface area contributed by atoms with Crippen LogP contribution in [0.3, 0.4) is 0 Å². The van der Waals surface area contributed by atoms with Crippen molar-refractivity contribution in [2.75, 3.05) is 0 Å². The first-order chi connectivity index (χ1) is 7.34. The summed E-state index contributed by atoms with van der Waals surface area (Å²) in [5, 5.41) is 0. The second-order valence-electron chi connectivity index (χ2n) is 4.36. The van der Waals surface area contributed by atoms with Crippen LogP contribution in [0.5, 0.6) is 0 Å². The summed E-state index contributed by atoms with van der Waals surface area (Å²) in [5.74, 6) is 0. The maximum absolute atomic E-state index is 2.28. The van der Waals surface area contributed by atoms with Crippen LogP contribution in [-0.2, 0) is 12.8 Å². The third kappa shape index (κ3) is 1.37. The zero-order valence-corrected chi connectivity index (χ0v) is 8.96. The van der Waals surface area contributed by atoms with E-state index in [9.17, 15) is 0 Å². The summed E-state index contributed by atoms with van der Waals surface area (Å²) in [6, 6.07) is 4.53. The van der Waals surface area contributed by atoms with Crippen molar-refractivity contribution in [1.82, 2.24) is 0 Å². The topological polar surface area (TPSA) is 0 Å². The minimum atomic E-state index is 1.08. The zero-order valence-electron chi connectivity index (χ0n) is 8.96. The molecule has 0 saturated carbocycles. The molecule has 0 aromatic heterocycles. The molecule has 72 valence electrons. The van der Waals surface area contributed by atoms with Crippen molar-refractivity contribution in [3.63, 3.8) is 0 Å². The Balaban J connectivity index is 2.15. The van der Waals surface area contributed by atoms with Crippen molar-refractivity contribution in [3.05, 3.63) is 65.0 Å². The van der Waals surface area contributed by atoms with E-state index in [2.05, 4.69) is 50.1 Å². The molecule has 15 heavy (non-hydrogen) atoms. The number of hydrogen-bond donors (Lipinski definition) is 0. The Morgan fingerprint density at radius 1 is 1.27 bits per heavy atom. The quantitative estimate of drug-likeness (QED) is 0.554. The molecule has 0 unspecified atom stereocenters. The van der Waals surface area contributed by atoms with Gasteiger partial charge in [-0.15, -0.1) is 0 Å². The normalized spacial score (nSPS) is 17.0. The molecular formula is C15H14+2. The van der Waals surface area contributed by atoms with Crippen LogP contribution >= 0.6 is 0 Å². The Hall–Kier alpha value is -1.56. The van der Waals surface area contributed by atoms with Gasteiger partial charge in [0.1, 0.15) is 11.1 Å². The summed E-state index contributed by atoms with van der Waals surface area (Å²) in [4.78, 5) is 0. The lowest BCUT2D eigenvalue weighted by Crippen LogP contribution is -2.07. The van der Waals surface area contributed by atoms with Gasteiger partial charge < -0.3 is 0 Å². The SMILES string of the molecule is CC1=C[CH+]c2c(ccc3c2C[CH+]C=C3)C1. The predicted molar refractivity (Wildman–Crippen MR) is 64.3 cm³/mol. The van der Waals surface area contributed by atoms with E-state index in [1.807, 2.05) is 0 Å². The van der Waals surface area contributed by atoms with Crippen molar-refractivity contribution in [3.8, 4) is 0 Å². The van der Waals surface area contributed by atoms with Gasteiger partial charge in [-0.25, -0.2) is 0 Å². The van der Waals surface area contributed by atoms with E-state index in [1.165, 1.54) is 27.8 Å². The van der Waals surface area contributed by atoms with Gasteiger partial charge >= 0.3 is 0 Å². The highest BCUT2D eigenvalue weighted by molar-refractivity contribution is 5.64. The van der Waals surface area contributed by atoms with Gasteiger partial charge in [0, 0.05) is 23.6 Å². The first kappa shape index (κ1) is 8.72. The molecule has 2 aliphatic carbocycles. The summed E-state index contributed by atoms with van der Waals surface area (Å²) in [6.07, 6.45) is 13.3. The van der Waals surface area contributed by atoms with Gasteiger partial charge in [0.15, 0.2) is 0 Å². The van der Waals surface area contributed by atoms with Crippen LogP contribution in [-0.4, -0.2) is 0 Å². The van der Waals surface area contributed by atoms with E-state index in [4.69, 9.17) is 0 Å². The first-order valence-electron chi connectivity index (χ1n) is 5.50. The van der Waals surface area contributed by atoms with E-state index in [0.29, 0.717) is 0 Å². The van der Waals surface area contributed by atoms with E-state index >= 15 is 0 Å². The molecule has 0 radical (unpaired) electrons. The Kier molecular flexibility index (Phi) is 1.88. The van der Waals surface area contributed by atoms with Gasteiger partial charge in [0.05, 0.1) is 37.0 Å². The molecule has 3 rings (SSSR count). The molecule has 1 aromatic carbocycles. The van der Waals surface area contributed by atoms with Crippen LogP contribution in [0.1, 0.15) is 29.2 Å². The van der Waals surface area contributed by atoms with Crippen LogP contribution < -0.4 is 0 Å². The average Bonchev–Trinajstić information content (AvgIpc) is 2.28. The molecule has 0 amide bonds. The monoisotopic (exact) mass is 194 g/mol. The summed E-state index contributed by atoms with van der Waals surface area (Å²) in [6.45, 7) is 2.20. The minimum Gasteiger partial charge on any atom is -0.0137 e. The zero-order chi connectivity index (χ0) is 10.3. The van der Waals surface area contributed by atoms with Crippen molar-refractivity contribution in [2.24, 2.45) is 0 Å². The van der Waals surface area contributed by atoms with Gasteiger partial charge in [-0.1, -0.05) is 0 Å². The Morgan fingerprint density at radius 3 is 3.13 bits per heavy atom. The third-order valence-electron chi connectivity index (χ3n) is 3.22. The van der Waals surface area contributed by atoms with Crippen molar-refractivity contribution < 1.29 is 0 Å². The van der Waals surface area contributed by atoms with E-state index < -0.39 is 0 Å². The highest BCUT2D eigenvalue weighted by Crippen LogP contribution is 2.31. The summed E-state index contributed by atoms with van der Waals surface area (Å²) < 4.78 is 0. The minimum absolute atomic E-state index is 1.08. The lowest BCUT2D eigenvalue weighted by Gasteiger charge is -2.12. The van der Waals surface area contributed by atoms with Gasteiger partial charge in [-0.3, -0.25) is 0 Å². The van der Waals surface area contributed by atoms with Crippen LogP contribution in [0, 0.1) is 12.8 Å². The predicted octanol–water partition coefficient (Wildman–Crippen LogP) is 3.51. The Labute approximate surface area is 91.3 Å². The maximum Gasteiger partial charge on any atom is 0.107 e. The van der Waals surface area contributed by atoms with E-state index in [0.717, 1.165) is 12.8 Å². The fourth-order valence-electron chi connectivity index (χ4n) is 2.42. The number of rotatable bonds is 0. The van der Waals surface area contributed by atoms with E-state index in [1.54, 1.807) is 0 Å². The van der Waals surface area contributed by atoms with E-state index in [-0.39, 0.29) is 0 Å². The van der Waals surface area contributed by atoms with Gasteiger partial charge in [-0.05, 0) is 19.1 Å². The van der Waals surface area contributed by atoms with Crippen molar-refractivity contribution in [1.29, 1.82) is 0 Å². The molecule has 0 atom stereocenters. The summed E-state index contributed by atoms with van der Waals surface area (Å²) >= 11 is 0. The largest absolute Gasteiger partial charge is 0.107 e. The second-order valence-corrected chi connectivity index (χ2v) is 4.36. The standard InChI is InChI=1S/C15H14/c1-11-6-9-15-13(10-11)8-7-12-4-2-3-5-14(12)15/h2-4,6-9H,5,10H2,1H3/q+2. The van der Waals surface area contributed by atoms with Gasteiger partial charge in [-0.2, -0.15) is 0 Å². The molecule has 0 fully saturated rings. The lowest BCUT2D eigenvalue weighted by molar-refractivity contribution is 1.04. The summed E-state index contributed by atoms with van der Waals surface area (Å²) in [5.41, 5.74) is 7.29. The average molecular weight is 194 g/mol. The number of allylic oxidation sites excluding steroid dienone is 3. The summed E-state index contributed by atoms with van der Waals surface area (Å²) in [7, 11) is 0. The molecule has 1 aromatic rings. The molecule has 0 heteroatoms. The number of benzene rings is 1. The number of fused-ring (bicyclic) bond motifs is 3. The molecule has 0 aliphatic heterocycles. The molecule has 0 saturated heterocycles. The molecular weight excluding hydrogens is 180 g/mol. The number of hydrogen-bond acceptors (Lipinski definition) is 0. The molecule has 2 aliphatic rings. The van der Waals surface area contributed by atoms with Crippen molar-refractivity contribution in [2.45, 2.75) is 19.8 Å². The first-order valence-corrected chi connectivity index (χ1v) is 5.50. The van der Waals surface area contributed by atoms with Crippen LogP contribution in [0.25, 0.3) is 6.08 Å². The lowest BCUT2D eigenvalue weighted by atomic mass is 9.83. The van der Waals surface area contributed by atoms with Gasteiger partial charge in [0.2, 0.25) is 0 Å². The second kappa shape index (κ2) is 3.23. The maximum atomic E-state index is 2.28. The molecule has 0 heterocycles. The fourth-order valence-corrected chi connectivity index (χ4v) is 2.42. The highest BCUT2D eigenvalue weighted by Gasteiger charge is 2.26. The highest BCUT2D eigenvalue weighted by atomic mass is 14.2. The van der Waals surface area contributed by atoms with Crippen LogP contribution in [0.4, 0.5) is 0 Å². The van der Waals surface area contributed by atoms with Crippen LogP contribution in [0.15, 0.2) is 29.9 Å².